The van der Waals surface area contributed by atoms with Crippen LogP contribution < -0.4 is 11.3 Å². The summed E-state index contributed by atoms with van der Waals surface area (Å²) in [4.78, 5) is 16.8. The number of fused-ring (bicyclic) bond motifs is 1. The number of hydrogen-bond donors (Lipinski definition) is 1. The first-order valence-corrected chi connectivity index (χ1v) is 6.92. The van der Waals surface area contributed by atoms with Crippen LogP contribution >= 0.6 is 11.6 Å². The molecule has 0 aliphatic carbocycles. The lowest BCUT2D eigenvalue weighted by atomic mass is 10.2. The van der Waals surface area contributed by atoms with Gasteiger partial charge in [0, 0.05) is 11.6 Å². The van der Waals surface area contributed by atoms with Gasteiger partial charge in [0.05, 0.1) is 19.3 Å². The molecule has 0 unspecified atom stereocenters. The van der Waals surface area contributed by atoms with Crippen molar-refractivity contribution in [2.75, 3.05) is 6.54 Å². The lowest BCUT2D eigenvalue weighted by molar-refractivity contribution is 0.637. The van der Waals surface area contributed by atoms with Gasteiger partial charge in [0.25, 0.3) is 5.56 Å². The lowest BCUT2D eigenvalue weighted by Crippen LogP contribution is -2.21. The van der Waals surface area contributed by atoms with Crippen LogP contribution in [0, 0.1) is 0 Å². The third kappa shape index (κ3) is 2.68. The van der Waals surface area contributed by atoms with Crippen LogP contribution in [0.25, 0.3) is 11.0 Å². The van der Waals surface area contributed by atoms with Gasteiger partial charge in [-0.05, 0) is 17.7 Å². The van der Waals surface area contributed by atoms with E-state index in [1.54, 1.807) is 15.3 Å². The lowest BCUT2D eigenvalue weighted by Gasteiger charge is -2.06. The summed E-state index contributed by atoms with van der Waals surface area (Å²) in [5, 5.41) is 5.29. The molecule has 3 aromatic rings. The number of nitrogens with zero attached hydrogens (tertiary/aromatic N) is 4. The van der Waals surface area contributed by atoms with Crippen LogP contribution in [0.1, 0.15) is 5.56 Å². The van der Waals surface area contributed by atoms with E-state index in [9.17, 15) is 4.79 Å². The van der Waals surface area contributed by atoms with Crippen LogP contribution in [0.5, 0.6) is 0 Å². The zero-order valence-corrected chi connectivity index (χ0v) is 12.0. The predicted molar refractivity (Wildman–Crippen MR) is 81.4 cm³/mol. The number of aromatic nitrogens is 4. The quantitative estimate of drug-likeness (QED) is 0.787. The van der Waals surface area contributed by atoms with Gasteiger partial charge in [0.1, 0.15) is 11.7 Å². The minimum absolute atomic E-state index is 0.122. The largest absolute Gasteiger partial charge is 0.329 e. The van der Waals surface area contributed by atoms with Crippen LogP contribution in [0.15, 0.2) is 41.6 Å². The number of halogens is 1. The molecule has 21 heavy (non-hydrogen) atoms. The molecule has 0 amide bonds. The molecule has 0 fully saturated rings. The number of hydrogen-bond acceptors (Lipinski definition) is 4. The van der Waals surface area contributed by atoms with E-state index in [1.165, 1.54) is 12.5 Å². The van der Waals surface area contributed by atoms with Gasteiger partial charge in [0.15, 0.2) is 5.65 Å². The molecule has 0 bridgehead atoms. The molecule has 0 saturated heterocycles. The molecule has 2 heterocycles. The van der Waals surface area contributed by atoms with Gasteiger partial charge in [-0.3, -0.25) is 9.36 Å². The molecule has 108 valence electrons. The minimum Gasteiger partial charge on any atom is -0.329 e. The molecule has 0 aliphatic rings. The summed E-state index contributed by atoms with van der Waals surface area (Å²) in [6.07, 6.45) is 3.06. The third-order valence-electron chi connectivity index (χ3n) is 3.21. The Kier molecular flexibility index (Phi) is 3.72. The second-order valence-electron chi connectivity index (χ2n) is 4.70. The van der Waals surface area contributed by atoms with E-state index in [2.05, 4.69) is 10.1 Å². The average molecular weight is 304 g/mol. The summed E-state index contributed by atoms with van der Waals surface area (Å²) in [5.41, 5.74) is 6.90. The van der Waals surface area contributed by atoms with Crippen LogP contribution in [0.4, 0.5) is 0 Å². The van der Waals surface area contributed by atoms with E-state index in [-0.39, 0.29) is 5.56 Å². The van der Waals surface area contributed by atoms with Gasteiger partial charge in [0.2, 0.25) is 0 Å². The van der Waals surface area contributed by atoms with Crippen LogP contribution in [-0.2, 0) is 13.1 Å². The van der Waals surface area contributed by atoms with Gasteiger partial charge in [-0.2, -0.15) is 5.10 Å². The summed E-state index contributed by atoms with van der Waals surface area (Å²) < 4.78 is 3.18. The smallest absolute Gasteiger partial charge is 0.264 e. The Morgan fingerprint density at radius 3 is 2.95 bits per heavy atom. The van der Waals surface area contributed by atoms with E-state index in [0.717, 1.165) is 5.56 Å². The number of benzene rings is 1. The van der Waals surface area contributed by atoms with Crippen molar-refractivity contribution in [1.29, 1.82) is 0 Å². The zero-order valence-electron chi connectivity index (χ0n) is 11.2. The van der Waals surface area contributed by atoms with Crippen molar-refractivity contribution < 1.29 is 0 Å². The molecule has 0 atom stereocenters. The predicted octanol–water partition coefficient (Wildman–Crippen LogP) is 1.25. The van der Waals surface area contributed by atoms with Crippen molar-refractivity contribution >= 4 is 22.6 Å². The highest BCUT2D eigenvalue weighted by molar-refractivity contribution is 6.30. The second-order valence-corrected chi connectivity index (χ2v) is 5.14. The first-order chi connectivity index (χ1) is 10.2. The monoisotopic (exact) mass is 303 g/mol. The van der Waals surface area contributed by atoms with Gasteiger partial charge in [-0.25, -0.2) is 9.67 Å². The molecule has 2 N–H and O–H groups in total. The number of nitrogens with two attached hydrogens (primary N) is 1. The Morgan fingerprint density at radius 2 is 2.19 bits per heavy atom. The topological polar surface area (TPSA) is 78.7 Å². The fourth-order valence-electron chi connectivity index (χ4n) is 2.23. The van der Waals surface area contributed by atoms with Crippen molar-refractivity contribution in [3.63, 3.8) is 0 Å². The Morgan fingerprint density at radius 1 is 1.33 bits per heavy atom. The number of rotatable bonds is 4. The van der Waals surface area contributed by atoms with Crippen molar-refractivity contribution in [1.82, 2.24) is 19.3 Å². The van der Waals surface area contributed by atoms with Crippen LogP contribution in [0.3, 0.4) is 0 Å². The van der Waals surface area contributed by atoms with Crippen molar-refractivity contribution in [2.45, 2.75) is 13.1 Å². The maximum atomic E-state index is 12.4. The van der Waals surface area contributed by atoms with Gasteiger partial charge < -0.3 is 5.73 Å². The van der Waals surface area contributed by atoms with E-state index >= 15 is 0 Å². The van der Waals surface area contributed by atoms with Gasteiger partial charge >= 0.3 is 0 Å². The highest BCUT2D eigenvalue weighted by Gasteiger charge is 2.09. The molecular weight excluding hydrogens is 290 g/mol. The molecule has 0 radical (unpaired) electrons. The maximum Gasteiger partial charge on any atom is 0.264 e. The van der Waals surface area contributed by atoms with Crippen molar-refractivity contribution in [3.8, 4) is 0 Å². The van der Waals surface area contributed by atoms with Crippen molar-refractivity contribution in [2.24, 2.45) is 5.73 Å². The molecule has 0 saturated carbocycles. The molecule has 7 heteroatoms. The molecule has 3 rings (SSSR count). The summed E-state index contributed by atoms with van der Waals surface area (Å²) in [6.45, 7) is 1.41. The van der Waals surface area contributed by atoms with E-state index < -0.39 is 0 Å². The Hall–Kier alpha value is -2.18. The summed E-state index contributed by atoms with van der Waals surface area (Å²) >= 11 is 5.96. The van der Waals surface area contributed by atoms with E-state index in [4.69, 9.17) is 17.3 Å². The molecule has 6 nitrogen and oxygen atoms in total. The molecule has 1 aromatic carbocycles. The standard InChI is InChI=1S/C14H14ClN5O/c15-11-3-1-2-10(6-11)8-19-9-17-13-12(14(19)21)7-18-20(13)5-4-16/h1-3,6-7,9H,4-5,8,16H2. The Balaban J connectivity index is 2.01. The highest BCUT2D eigenvalue weighted by Crippen LogP contribution is 2.12. The van der Waals surface area contributed by atoms with Crippen molar-refractivity contribution in [3.05, 3.63) is 57.7 Å². The molecular formula is C14H14ClN5O. The average Bonchev–Trinajstić information content (AvgIpc) is 2.87. The molecule has 0 spiro atoms. The normalized spacial score (nSPS) is 11.1. The minimum atomic E-state index is -0.122. The van der Waals surface area contributed by atoms with E-state index in [0.29, 0.717) is 35.7 Å². The van der Waals surface area contributed by atoms with Gasteiger partial charge in [-0.15, -0.1) is 0 Å². The first-order valence-electron chi connectivity index (χ1n) is 6.54. The van der Waals surface area contributed by atoms with Gasteiger partial charge in [-0.1, -0.05) is 23.7 Å². The molecule has 2 aromatic heterocycles. The fourth-order valence-corrected chi connectivity index (χ4v) is 2.44. The van der Waals surface area contributed by atoms with Crippen LogP contribution in [-0.4, -0.2) is 25.9 Å². The molecule has 0 aliphatic heterocycles. The third-order valence-corrected chi connectivity index (χ3v) is 3.44. The summed E-state index contributed by atoms with van der Waals surface area (Å²) in [6, 6.07) is 7.40. The van der Waals surface area contributed by atoms with Crippen LogP contribution in [0.2, 0.25) is 5.02 Å². The fraction of sp³-hybridized carbons (Fsp3) is 0.214. The first kappa shape index (κ1) is 13.8. The maximum absolute atomic E-state index is 12.4. The second kappa shape index (κ2) is 5.67. The highest BCUT2D eigenvalue weighted by atomic mass is 35.5. The Bertz CT molecular complexity index is 839. The zero-order chi connectivity index (χ0) is 14.8. The van der Waals surface area contributed by atoms with E-state index in [1.807, 2.05) is 18.2 Å². The summed E-state index contributed by atoms with van der Waals surface area (Å²) in [5.74, 6) is 0. The Labute approximate surface area is 125 Å². The summed E-state index contributed by atoms with van der Waals surface area (Å²) in [7, 11) is 0. The SMILES string of the molecule is NCCn1ncc2c(=O)n(Cc3cccc(Cl)c3)cnc21.